The average Bonchev–Trinajstić information content (AvgIpc) is 2.32. The summed E-state index contributed by atoms with van der Waals surface area (Å²) >= 11 is 0. The SMILES string of the molecule is O=[N+]([O-])c1cccnc1Nc1cccnc1F. The molecule has 0 radical (unpaired) electrons. The van der Waals surface area contributed by atoms with E-state index in [0.29, 0.717) is 0 Å². The van der Waals surface area contributed by atoms with Crippen LogP contribution in [0.3, 0.4) is 0 Å². The van der Waals surface area contributed by atoms with Crippen LogP contribution in [0.1, 0.15) is 0 Å². The largest absolute Gasteiger partial charge is 0.331 e. The number of nitrogens with zero attached hydrogens (tertiary/aromatic N) is 3. The summed E-state index contributed by atoms with van der Waals surface area (Å²) in [6.45, 7) is 0. The molecule has 0 saturated heterocycles. The highest BCUT2D eigenvalue weighted by Gasteiger charge is 2.15. The van der Waals surface area contributed by atoms with E-state index >= 15 is 0 Å². The number of pyridine rings is 2. The number of rotatable bonds is 3. The smallest absolute Gasteiger partial charge is 0.311 e. The zero-order valence-corrected chi connectivity index (χ0v) is 8.50. The Kier molecular flexibility index (Phi) is 2.91. The van der Waals surface area contributed by atoms with E-state index in [-0.39, 0.29) is 17.2 Å². The summed E-state index contributed by atoms with van der Waals surface area (Å²) in [6, 6.07) is 5.65. The molecule has 0 fully saturated rings. The number of hydrogen-bond donors (Lipinski definition) is 1. The van der Waals surface area contributed by atoms with Gasteiger partial charge in [0.2, 0.25) is 11.8 Å². The molecule has 0 amide bonds. The fourth-order valence-corrected chi connectivity index (χ4v) is 1.25. The molecule has 0 spiro atoms. The molecule has 0 aliphatic heterocycles. The van der Waals surface area contributed by atoms with Gasteiger partial charge in [0, 0.05) is 18.5 Å². The summed E-state index contributed by atoms with van der Waals surface area (Å²) < 4.78 is 13.2. The Hall–Kier alpha value is -2.57. The maximum absolute atomic E-state index is 13.2. The predicted molar refractivity (Wildman–Crippen MR) is 58.4 cm³/mol. The third kappa shape index (κ3) is 2.33. The first-order valence-corrected chi connectivity index (χ1v) is 4.65. The lowest BCUT2D eigenvalue weighted by Crippen LogP contribution is -2.01. The zero-order chi connectivity index (χ0) is 12.3. The van der Waals surface area contributed by atoms with Gasteiger partial charge >= 0.3 is 5.69 Å². The fourth-order valence-electron chi connectivity index (χ4n) is 1.25. The zero-order valence-electron chi connectivity index (χ0n) is 8.50. The lowest BCUT2D eigenvalue weighted by atomic mass is 10.3. The number of nitro groups is 1. The summed E-state index contributed by atoms with van der Waals surface area (Å²) in [7, 11) is 0. The topological polar surface area (TPSA) is 81.0 Å². The van der Waals surface area contributed by atoms with Crippen LogP contribution in [-0.2, 0) is 0 Å². The Labute approximate surface area is 95.3 Å². The molecule has 17 heavy (non-hydrogen) atoms. The van der Waals surface area contributed by atoms with Crippen molar-refractivity contribution in [2.45, 2.75) is 0 Å². The number of hydrogen-bond acceptors (Lipinski definition) is 5. The van der Waals surface area contributed by atoms with E-state index in [4.69, 9.17) is 0 Å². The highest BCUT2D eigenvalue weighted by molar-refractivity contribution is 5.64. The Balaban J connectivity index is 2.37. The second-order valence-corrected chi connectivity index (χ2v) is 3.10. The van der Waals surface area contributed by atoms with E-state index < -0.39 is 10.9 Å². The Morgan fingerprint density at radius 3 is 2.65 bits per heavy atom. The minimum Gasteiger partial charge on any atom is -0.331 e. The average molecular weight is 234 g/mol. The first-order chi connectivity index (χ1) is 8.18. The van der Waals surface area contributed by atoms with Crippen LogP contribution in [0.15, 0.2) is 36.7 Å². The van der Waals surface area contributed by atoms with E-state index in [9.17, 15) is 14.5 Å². The van der Waals surface area contributed by atoms with Crippen LogP contribution in [0, 0.1) is 16.1 Å². The monoisotopic (exact) mass is 234 g/mol. The molecule has 0 bridgehead atoms. The van der Waals surface area contributed by atoms with Crippen molar-refractivity contribution >= 4 is 17.2 Å². The van der Waals surface area contributed by atoms with Gasteiger partial charge in [0.25, 0.3) is 0 Å². The molecule has 7 heteroatoms. The van der Waals surface area contributed by atoms with E-state index in [2.05, 4.69) is 15.3 Å². The van der Waals surface area contributed by atoms with Gasteiger partial charge in [-0.25, -0.2) is 9.97 Å². The molecule has 0 unspecified atom stereocenters. The normalized spacial score (nSPS) is 9.94. The van der Waals surface area contributed by atoms with Gasteiger partial charge in [-0.05, 0) is 18.2 Å². The van der Waals surface area contributed by atoms with Gasteiger partial charge in [-0.3, -0.25) is 10.1 Å². The van der Waals surface area contributed by atoms with Crippen molar-refractivity contribution in [2.75, 3.05) is 5.32 Å². The third-order valence-electron chi connectivity index (χ3n) is 2.00. The van der Waals surface area contributed by atoms with Crippen LogP contribution in [0.25, 0.3) is 0 Å². The Morgan fingerprint density at radius 1 is 1.24 bits per heavy atom. The van der Waals surface area contributed by atoms with Crippen molar-refractivity contribution in [1.82, 2.24) is 9.97 Å². The van der Waals surface area contributed by atoms with Gasteiger partial charge in [-0.1, -0.05) is 0 Å². The molecule has 86 valence electrons. The van der Waals surface area contributed by atoms with Crippen LogP contribution < -0.4 is 5.32 Å². The molecule has 2 heterocycles. The maximum Gasteiger partial charge on any atom is 0.311 e. The summed E-state index contributed by atoms with van der Waals surface area (Å²) in [5.74, 6) is -0.767. The molecule has 1 N–H and O–H groups in total. The highest BCUT2D eigenvalue weighted by Crippen LogP contribution is 2.24. The van der Waals surface area contributed by atoms with Crippen molar-refractivity contribution in [1.29, 1.82) is 0 Å². The van der Waals surface area contributed by atoms with Crippen LogP contribution in [-0.4, -0.2) is 14.9 Å². The third-order valence-corrected chi connectivity index (χ3v) is 2.00. The van der Waals surface area contributed by atoms with Crippen molar-refractivity contribution in [3.8, 4) is 0 Å². The molecule has 2 aromatic rings. The van der Waals surface area contributed by atoms with Crippen LogP contribution >= 0.6 is 0 Å². The van der Waals surface area contributed by atoms with Crippen molar-refractivity contribution in [3.63, 3.8) is 0 Å². The lowest BCUT2D eigenvalue weighted by molar-refractivity contribution is -0.384. The molecular weight excluding hydrogens is 227 g/mol. The second kappa shape index (κ2) is 4.52. The number of aromatic nitrogens is 2. The van der Waals surface area contributed by atoms with Gasteiger partial charge in [0.05, 0.1) is 10.6 Å². The summed E-state index contributed by atoms with van der Waals surface area (Å²) in [5, 5.41) is 13.2. The quantitative estimate of drug-likeness (QED) is 0.500. The van der Waals surface area contributed by atoms with Gasteiger partial charge in [0.15, 0.2) is 0 Å². The number of anilines is 2. The highest BCUT2D eigenvalue weighted by atomic mass is 19.1. The van der Waals surface area contributed by atoms with Crippen molar-refractivity contribution in [3.05, 3.63) is 52.7 Å². The van der Waals surface area contributed by atoms with Crippen LogP contribution in [0.5, 0.6) is 0 Å². The van der Waals surface area contributed by atoms with E-state index in [1.54, 1.807) is 0 Å². The minimum atomic E-state index is -0.743. The van der Waals surface area contributed by atoms with Crippen LogP contribution in [0.2, 0.25) is 0 Å². The molecule has 6 nitrogen and oxygen atoms in total. The standard InChI is InChI=1S/C10H7FN4O2/c11-9-7(3-1-5-12-9)14-10-8(15(16)17)4-2-6-13-10/h1-6H,(H,13,14). The summed E-state index contributed by atoms with van der Waals surface area (Å²) in [6.07, 6.45) is 2.66. The van der Waals surface area contributed by atoms with Gasteiger partial charge in [0.1, 0.15) is 0 Å². The van der Waals surface area contributed by atoms with Crippen molar-refractivity contribution < 1.29 is 9.31 Å². The lowest BCUT2D eigenvalue weighted by Gasteiger charge is -2.05. The molecule has 2 aromatic heterocycles. The van der Waals surface area contributed by atoms with E-state index in [1.807, 2.05) is 0 Å². The van der Waals surface area contributed by atoms with E-state index in [1.165, 1.54) is 36.7 Å². The van der Waals surface area contributed by atoms with Crippen molar-refractivity contribution in [2.24, 2.45) is 0 Å². The molecule has 0 saturated carbocycles. The minimum absolute atomic E-state index is 0.0237. The van der Waals surface area contributed by atoms with Gasteiger partial charge in [-0.2, -0.15) is 4.39 Å². The predicted octanol–water partition coefficient (Wildman–Crippen LogP) is 2.27. The van der Waals surface area contributed by atoms with E-state index in [0.717, 1.165) is 0 Å². The molecule has 2 rings (SSSR count). The molecule has 0 aliphatic rings. The Morgan fingerprint density at radius 2 is 1.94 bits per heavy atom. The Bertz CT molecular complexity index is 562. The molecular formula is C10H7FN4O2. The molecule has 0 aliphatic carbocycles. The molecule has 0 aromatic carbocycles. The summed E-state index contributed by atoms with van der Waals surface area (Å²) in [5.41, 5.74) is -0.190. The van der Waals surface area contributed by atoms with Crippen LogP contribution in [0.4, 0.5) is 21.6 Å². The first kappa shape index (κ1) is 10.9. The van der Waals surface area contributed by atoms with Gasteiger partial charge < -0.3 is 5.32 Å². The molecule has 0 atom stereocenters. The number of nitrogens with one attached hydrogen (secondary N) is 1. The fraction of sp³-hybridized carbons (Fsp3) is 0. The second-order valence-electron chi connectivity index (χ2n) is 3.10. The van der Waals surface area contributed by atoms with Gasteiger partial charge in [-0.15, -0.1) is 0 Å². The first-order valence-electron chi connectivity index (χ1n) is 4.65. The maximum atomic E-state index is 13.2. The summed E-state index contributed by atoms with van der Waals surface area (Å²) in [4.78, 5) is 17.3. The number of halogens is 1.